The van der Waals surface area contributed by atoms with Crippen LogP contribution in [-0.2, 0) is 16.1 Å². The third-order valence-corrected chi connectivity index (χ3v) is 3.54. The predicted octanol–water partition coefficient (Wildman–Crippen LogP) is 4.07. The van der Waals surface area contributed by atoms with Gasteiger partial charge in [-0.1, -0.05) is 46.3 Å². The van der Waals surface area contributed by atoms with Crippen LogP contribution in [0.3, 0.4) is 0 Å². The Bertz CT molecular complexity index is 574. The standard InChI is InChI=1S/C18H21BrO4/c1-20-9-11-23-18-13-16(19)7-8-17(18)22-12-10-21-14-15-5-3-2-4-6-15/h2-8,13H,9-12,14H2,1H3. The second-order valence-corrected chi connectivity index (χ2v) is 5.73. The van der Waals surface area contributed by atoms with Gasteiger partial charge in [0.15, 0.2) is 11.5 Å². The van der Waals surface area contributed by atoms with Gasteiger partial charge >= 0.3 is 0 Å². The van der Waals surface area contributed by atoms with Gasteiger partial charge in [-0.25, -0.2) is 0 Å². The van der Waals surface area contributed by atoms with E-state index in [9.17, 15) is 0 Å². The van der Waals surface area contributed by atoms with E-state index in [0.29, 0.717) is 44.5 Å². The number of halogens is 1. The molecule has 0 saturated carbocycles. The maximum atomic E-state index is 5.75. The first-order valence-electron chi connectivity index (χ1n) is 7.45. The van der Waals surface area contributed by atoms with E-state index in [1.165, 1.54) is 0 Å². The largest absolute Gasteiger partial charge is 0.487 e. The number of hydrogen-bond acceptors (Lipinski definition) is 4. The second-order valence-electron chi connectivity index (χ2n) is 4.82. The second kappa shape index (κ2) is 10.3. The minimum Gasteiger partial charge on any atom is -0.487 e. The number of benzene rings is 2. The highest BCUT2D eigenvalue weighted by atomic mass is 79.9. The summed E-state index contributed by atoms with van der Waals surface area (Å²) in [6.45, 7) is 2.58. The summed E-state index contributed by atoms with van der Waals surface area (Å²) in [6.07, 6.45) is 0. The molecule has 0 fully saturated rings. The van der Waals surface area contributed by atoms with Crippen molar-refractivity contribution in [1.82, 2.24) is 0 Å². The minimum atomic E-state index is 0.467. The Hall–Kier alpha value is -1.56. The molecule has 0 saturated heterocycles. The third kappa shape index (κ3) is 6.60. The fourth-order valence-electron chi connectivity index (χ4n) is 1.92. The molecule has 0 amide bonds. The van der Waals surface area contributed by atoms with E-state index in [1.807, 2.05) is 48.5 Å². The van der Waals surface area contributed by atoms with Gasteiger partial charge in [0.05, 0.1) is 19.8 Å². The molecule has 2 aromatic carbocycles. The highest BCUT2D eigenvalue weighted by Gasteiger charge is 2.06. The number of ether oxygens (including phenoxy) is 4. The quantitative estimate of drug-likeness (QED) is 0.582. The number of hydrogen-bond donors (Lipinski definition) is 0. The molecule has 0 spiro atoms. The van der Waals surface area contributed by atoms with Crippen LogP contribution >= 0.6 is 15.9 Å². The zero-order valence-corrected chi connectivity index (χ0v) is 14.8. The molecule has 0 bridgehead atoms. The van der Waals surface area contributed by atoms with E-state index in [1.54, 1.807) is 7.11 Å². The van der Waals surface area contributed by atoms with E-state index < -0.39 is 0 Å². The first-order valence-corrected chi connectivity index (χ1v) is 8.24. The van der Waals surface area contributed by atoms with E-state index in [-0.39, 0.29) is 0 Å². The Morgan fingerprint density at radius 1 is 0.826 bits per heavy atom. The summed E-state index contributed by atoms with van der Waals surface area (Å²) in [4.78, 5) is 0. The molecule has 0 aliphatic rings. The third-order valence-electron chi connectivity index (χ3n) is 3.05. The molecule has 0 N–H and O–H groups in total. The summed E-state index contributed by atoms with van der Waals surface area (Å²) < 4.78 is 23.0. The lowest BCUT2D eigenvalue weighted by atomic mass is 10.2. The topological polar surface area (TPSA) is 36.9 Å². The Balaban J connectivity index is 1.76. The molecule has 0 atom stereocenters. The monoisotopic (exact) mass is 380 g/mol. The first kappa shape index (κ1) is 17.8. The van der Waals surface area contributed by atoms with Crippen LogP contribution in [0, 0.1) is 0 Å². The molecule has 2 rings (SSSR count). The Morgan fingerprint density at radius 2 is 1.57 bits per heavy atom. The van der Waals surface area contributed by atoms with Crippen molar-refractivity contribution in [3.63, 3.8) is 0 Å². The Morgan fingerprint density at radius 3 is 2.35 bits per heavy atom. The van der Waals surface area contributed by atoms with Crippen molar-refractivity contribution < 1.29 is 18.9 Å². The molecule has 4 nitrogen and oxygen atoms in total. The Labute approximate surface area is 145 Å². The summed E-state index contributed by atoms with van der Waals surface area (Å²) >= 11 is 3.43. The molecule has 0 heterocycles. The van der Waals surface area contributed by atoms with Gasteiger partial charge in [-0.2, -0.15) is 0 Å². The van der Waals surface area contributed by atoms with Crippen molar-refractivity contribution in [1.29, 1.82) is 0 Å². The zero-order chi connectivity index (χ0) is 16.3. The van der Waals surface area contributed by atoms with Crippen LogP contribution in [0.4, 0.5) is 0 Å². The van der Waals surface area contributed by atoms with Crippen LogP contribution < -0.4 is 9.47 Å². The molecule has 2 aromatic rings. The van der Waals surface area contributed by atoms with Gasteiger partial charge < -0.3 is 18.9 Å². The average Bonchev–Trinajstić information content (AvgIpc) is 2.57. The lowest BCUT2D eigenvalue weighted by Gasteiger charge is -2.13. The maximum Gasteiger partial charge on any atom is 0.162 e. The fourth-order valence-corrected chi connectivity index (χ4v) is 2.26. The molecule has 0 aliphatic heterocycles. The SMILES string of the molecule is COCCOc1cc(Br)ccc1OCCOCc1ccccc1. The molecular weight excluding hydrogens is 360 g/mol. The van der Waals surface area contributed by atoms with E-state index in [2.05, 4.69) is 15.9 Å². The number of methoxy groups -OCH3 is 1. The lowest BCUT2D eigenvalue weighted by molar-refractivity contribution is 0.0867. The van der Waals surface area contributed by atoms with Crippen LogP contribution in [0.2, 0.25) is 0 Å². The van der Waals surface area contributed by atoms with Crippen LogP contribution in [0.15, 0.2) is 53.0 Å². The summed E-state index contributed by atoms with van der Waals surface area (Å²) in [5.74, 6) is 1.40. The van der Waals surface area contributed by atoms with Crippen molar-refractivity contribution in [3.05, 3.63) is 58.6 Å². The van der Waals surface area contributed by atoms with Crippen LogP contribution in [0.25, 0.3) is 0 Å². The van der Waals surface area contributed by atoms with Gasteiger partial charge in [-0.15, -0.1) is 0 Å². The predicted molar refractivity (Wildman–Crippen MR) is 93.1 cm³/mol. The summed E-state index contributed by atoms with van der Waals surface area (Å²) in [5.41, 5.74) is 1.15. The van der Waals surface area contributed by atoms with E-state index in [4.69, 9.17) is 18.9 Å². The van der Waals surface area contributed by atoms with Gasteiger partial charge in [0.1, 0.15) is 13.2 Å². The molecule has 0 unspecified atom stereocenters. The highest BCUT2D eigenvalue weighted by Crippen LogP contribution is 2.30. The molecule has 0 radical (unpaired) electrons. The minimum absolute atomic E-state index is 0.467. The Kier molecular flexibility index (Phi) is 7.93. The van der Waals surface area contributed by atoms with Gasteiger partial charge in [-0.3, -0.25) is 0 Å². The average molecular weight is 381 g/mol. The first-order chi connectivity index (χ1) is 11.3. The summed E-state index contributed by atoms with van der Waals surface area (Å²) in [7, 11) is 1.64. The van der Waals surface area contributed by atoms with Crippen LogP contribution in [0.5, 0.6) is 11.5 Å². The van der Waals surface area contributed by atoms with Crippen molar-refractivity contribution in [3.8, 4) is 11.5 Å². The number of rotatable bonds is 10. The molecule has 0 aliphatic carbocycles. The van der Waals surface area contributed by atoms with Crippen molar-refractivity contribution >= 4 is 15.9 Å². The van der Waals surface area contributed by atoms with Gasteiger partial charge in [0, 0.05) is 11.6 Å². The van der Waals surface area contributed by atoms with Crippen molar-refractivity contribution in [2.45, 2.75) is 6.61 Å². The molecule has 5 heteroatoms. The van der Waals surface area contributed by atoms with Crippen LogP contribution in [0.1, 0.15) is 5.56 Å². The maximum absolute atomic E-state index is 5.75. The van der Waals surface area contributed by atoms with Crippen molar-refractivity contribution in [2.75, 3.05) is 33.5 Å². The summed E-state index contributed by atoms with van der Waals surface area (Å²) in [5, 5.41) is 0. The molecular formula is C18H21BrO4. The highest BCUT2D eigenvalue weighted by molar-refractivity contribution is 9.10. The molecule has 0 aromatic heterocycles. The molecule has 23 heavy (non-hydrogen) atoms. The van der Waals surface area contributed by atoms with E-state index in [0.717, 1.165) is 10.0 Å². The van der Waals surface area contributed by atoms with Gasteiger partial charge in [0.25, 0.3) is 0 Å². The van der Waals surface area contributed by atoms with Crippen LogP contribution in [-0.4, -0.2) is 33.5 Å². The summed E-state index contributed by atoms with van der Waals surface area (Å²) in [6, 6.07) is 15.8. The molecule has 124 valence electrons. The van der Waals surface area contributed by atoms with Crippen molar-refractivity contribution in [2.24, 2.45) is 0 Å². The normalized spacial score (nSPS) is 10.5. The fraction of sp³-hybridized carbons (Fsp3) is 0.333. The van der Waals surface area contributed by atoms with Gasteiger partial charge in [0.2, 0.25) is 0 Å². The smallest absolute Gasteiger partial charge is 0.162 e. The van der Waals surface area contributed by atoms with Gasteiger partial charge in [-0.05, 0) is 23.8 Å². The van der Waals surface area contributed by atoms with E-state index >= 15 is 0 Å². The lowest BCUT2D eigenvalue weighted by Crippen LogP contribution is -2.09. The zero-order valence-electron chi connectivity index (χ0n) is 13.2.